The summed E-state index contributed by atoms with van der Waals surface area (Å²) >= 11 is 1.16. The molecule has 0 saturated heterocycles. The third-order valence-electron chi connectivity index (χ3n) is 3.32. The normalized spacial score (nSPS) is 13.6. The Labute approximate surface area is 136 Å². The number of methoxy groups -OCH3 is 1. The molecule has 0 radical (unpaired) electrons. The Kier molecular flexibility index (Phi) is 4.61. The molecule has 23 heavy (non-hydrogen) atoms. The topological polar surface area (TPSA) is 97.0 Å². The summed E-state index contributed by atoms with van der Waals surface area (Å²) in [4.78, 5) is 26.4. The highest BCUT2D eigenvalue weighted by Crippen LogP contribution is 2.20. The number of carbonyl (C=O) groups excluding carboxylic acids is 1. The van der Waals surface area contributed by atoms with Crippen LogP contribution in [0.1, 0.15) is 12.8 Å². The molecule has 8 heteroatoms. The second-order valence-corrected chi connectivity index (χ2v) is 6.13. The number of hydrogen-bond donors (Lipinski definition) is 2. The largest absolute Gasteiger partial charge is 0.497 e. The maximum atomic E-state index is 12.1. The van der Waals surface area contributed by atoms with Crippen LogP contribution in [0.3, 0.4) is 0 Å². The molecule has 1 aliphatic carbocycles. The first-order valence-corrected chi connectivity index (χ1v) is 8.18. The first-order valence-electron chi connectivity index (χ1n) is 7.19. The lowest BCUT2D eigenvalue weighted by atomic mass is 10.1. The highest BCUT2D eigenvalue weighted by atomic mass is 32.2. The number of aromatic amines is 1. The Morgan fingerprint density at radius 1 is 1.35 bits per heavy atom. The predicted molar refractivity (Wildman–Crippen MR) is 86.5 cm³/mol. The lowest BCUT2D eigenvalue weighted by Crippen LogP contribution is -2.27. The summed E-state index contributed by atoms with van der Waals surface area (Å²) in [5.41, 5.74) is 0.553. The maximum Gasteiger partial charge on any atom is 0.278 e. The maximum absolute atomic E-state index is 12.1. The van der Waals surface area contributed by atoms with Gasteiger partial charge in [0.25, 0.3) is 5.56 Å². The molecule has 0 bridgehead atoms. The van der Waals surface area contributed by atoms with E-state index in [2.05, 4.69) is 20.5 Å². The van der Waals surface area contributed by atoms with Crippen molar-refractivity contribution in [3.63, 3.8) is 0 Å². The van der Waals surface area contributed by atoms with Gasteiger partial charge in [0.2, 0.25) is 5.91 Å². The van der Waals surface area contributed by atoms with Gasteiger partial charge in [-0.25, -0.2) is 0 Å². The van der Waals surface area contributed by atoms with Gasteiger partial charge in [0.1, 0.15) is 5.75 Å². The molecule has 1 heterocycles. The predicted octanol–water partition coefficient (Wildman–Crippen LogP) is 1.21. The quantitative estimate of drug-likeness (QED) is 0.772. The molecule has 2 N–H and O–H groups in total. The number of thioether (sulfide) groups is 1. The SMILES string of the molecule is COc1ccc(-c2nnc(SCC(=O)NC3CC3)[nH]c2=O)cc1. The zero-order chi connectivity index (χ0) is 16.2. The summed E-state index contributed by atoms with van der Waals surface area (Å²) in [5.74, 6) is 0.856. The fourth-order valence-electron chi connectivity index (χ4n) is 1.96. The van der Waals surface area contributed by atoms with E-state index in [4.69, 9.17) is 4.74 Å². The van der Waals surface area contributed by atoms with Gasteiger partial charge in [-0.2, -0.15) is 0 Å². The van der Waals surface area contributed by atoms with E-state index in [1.54, 1.807) is 31.4 Å². The Morgan fingerprint density at radius 3 is 2.70 bits per heavy atom. The average molecular weight is 332 g/mol. The molecule has 2 aromatic rings. The third-order valence-corrected chi connectivity index (χ3v) is 4.19. The van der Waals surface area contributed by atoms with Gasteiger partial charge >= 0.3 is 0 Å². The average Bonchev–Trinajstić information content (AvgIpc) is 3.37. The van der Waals surface area contributed by atoms with Crippen LogP contribution in [0.2, 0.25) is 0 Å². The van der Waals surface area contributed by atoms with Gasteiger partial charge in [-0.1, -0.05) is 11.8 Å². The van der Waals surface area contributed by atoms with Gasteiger partial charge in [0.05, 0.1) is 12.9 Å². The van der Waals surface area contributed by atoms with E-state index in [9.17, 15) is 9.59 Å². The Hall–Kier alpha value is -2.35. The molecule has 1 amide bonds. The smallest absolute Gasteiger partial charge is 0.278 e. The second kappa shape index (κ2) is 6.82. The molecule has 3 rings (SSSR count). The molecule has 7 nitrogen and oxygen atoms in total. The van der Waals surface area contributed by atoms with Gasteiger partial charge in [-0.3, -0.25) is 14.6 Å². The summed E-state index contributed by atoms with van der Waals surface area (Å²) in [7, 11) is 1.58. The van der Waals surface area contributed by atoms with E-state index in [1.165, 1.54) is 0 Å². The number of benzene rings is 1. The molecule has 0 unspecified atom stereocenters. The van der Waals surface area contributed by atoms with Crippen LogP contribution in [0.4, 0.5) is 0 Å². The van der Waals surface area contributed by atoms with Gasteiger partial charge in [-0.15, -0.1) is 10.2 Å². The first-order chi connectivity index (χ1) is 11.2. The molecule has 1 aromatic heterocycles. The Bertz CT molecular complexity index is 756. The van der Waals surface area contributed by atoms with Crippen LogP contribution < -0.4 is 15.6 Å². The van der Waals surface area contributed by atoms with Crippen molar-refractivity contribution in [1.82, 2.24) is 20.5 Å². The van der Waals surface area contributed by atoms with E-state index < -0.39 is 0 Å². The van der Waals surface area contributed by atoms with E-state index >= 15 is 0 Å². The Balaban J connectivity index is 1.67. The summed E-state index contributed by atoms with van der Waals surface area (Å²) in [6.45, 7) is 0. The van der Waals surface area contributed by atoms with Crippen molar-refractivity contribution in [2.24, 2.45) is 0 Å². The van der Waals surface area contributed by atoms with E-state index in [0.29, 0.717) is 22.5 Å². The standard InChI is InChI=1S/C15H16N4O3S/c1-22-11-6-2-9(3-7-11)13-14(21)17-15(19-18-13)23-8-12(20)16-10-4-5-10/h2-3,6-7,10H,4-5,8H2,1H3,(H,16,20)(H,17,19,21). The monoisotopic (exact) mass is 332 g/mol. The lowest BCUT2D eigenvalue weighted by Gasteiger charge is -2.04. The van der Waals surface area contributed by atoms with Crippen LogP contribution in [0.25, 0.3) is 11.3 Å². The third kappa shape index (κ3) is 4.10. The number of nitrogens with zero attached hydrogens (tertiary/aromatic N) is 2. The van der Waals surface area contributed by atoms with Gasteiger partial charge < -0.3 is 10.1 Å². The Morgan fingerprint density at radius 2 is 2.09 bits per heavy atom. The minimum absolute atomic E-state index is 0.0561. The summed E-state index contributed by atoms with van der Waals surface area (Å²) in [6, 6.07) is 7.32. The number of hydrogen-bond acceptors (Lipinski definition) is 6. The van der Waals surface area contributed by atoms with Crippen LogP contribution in [-0.4, -0.2) is 40.0 Å². The van der Waals surface area contributed by atoms with Crippen LogP contribution in [0.15, 0.2) is 34.2 Å². The molecule has 1 fully saturated rings. The van der Waals surface area contributed by atoms with Crippen molar-refractivity contribution >= 4 is 17.7 Å². The van der Waals surface area contributed by atoms with Crippen LogP contribution in [-0.2, 0) is 4.79 Å². The molecule has 1 saturated carbocycles. The molecule has 1 aliphatic rings. The zero-order valence-electron chi connectivity index (χ0n) is 12.5. The van der Waals surface area contributed by atoms with Crippen molar-refractivity contribution in [2.75, 3.05) is 12.9 Å². The zero-order valence-corrected chi connectivity index (χ0v) is 13.4. The molecule has 0 aliphatic heterocycles. The van der Waals surface area contributed by atoms with Gasteiger partial charge in [-0.05, 0) is 37.1 Å². The fraction of sp³-hybridized carbons (Fsp3) is 0.333. The van der Waals surface area contributed by atoms with Crippen LogP contribution >= 0.6 is 11.8 Å². The van der Waals surface area contributed by atoms with Crippen LogP contribution in [0, 0.1) is 0 Å². The van der Waals surface area contributed by atoms with Crippen molar-refractivity contribution in [3.05, 3.63) is 34.6 Å². The number of ether oxygens (including phenoxy) is 1. The molecular formula is C15H16N4O3S. The van der Waals surface area contributed by atoms with Gasteiger partial charge in [0.15, 0.2) is 10.9 Å². The van der Waals surface area contributed by atoms with Gasteiger partial charge in [0, 0.05) is 11.6 Å². The molecule has 0 spiro atoms. The molecule has 0 atom stereocenters. The molecular weight excluding hydrogens is 316 g/mol. The highest BCUT2D eigenvalue weighted by molar-refractivity contribution is 7.99. The number of amides is 1. The second-order valence-electron chi connectivity index (χ2n) is 5.17. The first kappa shape index (κ1) is 15.5. The van der Waals surface area contributed by atoms with E-state index in [-0.39, 0.29) is 22.9 Å². The van der Waals surface area contributed by atoms with Crippen molar-refractivity contribution in [1.29, 1.82) is 0 Å². The van der Waals surface area contributed by atoms with E-state index in [1.807, 2.05) is 0 Å². The van der Waals surface area contributed by atoms with Crippen molar-refractivity contribution in [2.45, 2.75) is 24.0 Å². The number of carbonyl (C=O) groups is 1. The van der Waals surface area contributed by atoms with Crippen molar-refractivity contribution < 1.29 is 9.53 Å². The van der Waals surface area contributed by atoms with E-state index in [0.717, 1.165) is 24.6 Å². The number of H-pyrrole nitrogens is 1. The number of rotatable bonds is 6. The lowest BCUT2D eigenvalue weighted by molar-refractivity contribution is -0.118. The van der Waals surface area contributed by atoms with Crippen LogP contribution in [0.5, 0.6) is 5.75 Å². The highest BCUT2D eigenvalue weighted by Gasteiger charge is 2.23. The minimum Gasteiger partial charge on any atom is -0.497 e. The minimum atomic E-state index is -0.338. The summed E-state index contributed by atoms with van der Waals surface area (Å²) in [6.07, 6.45) is 2.09. The fourth-order valence-corrected chi connectivity index (χ4v) is 2.57. The summed E-state index contributed by atoms with van der Waals surface area (Å²) < 4.78 is 5.08. The van der Waals surface area contributed by atoms with Crippen molar-refractivity contribution in [3.8, 4) is 17.0 Å². The summed E-state index contributed by atoms with van der Waals surface area (Å²) in [5, 5.41) is 11.1. The number of nitrogens with one attached hydrogen (secondary N) is 2. The molecule has 120 valence electrons. The number of aromatic nitrogens is 3. The molecule has 1 aromatic carbocycles.